The van der Waals surface area contributed by atoms with Crippen molar-refractivity contribution in [2.24, 2.45) is 18.9 Å². The Labute approximate surface area is 97.5 Å². The van der Waals surface area contributed by atoms with E-state index in [1.165, 1.54) is 18.4 Å². The summed E-state index contributed by atoms with van der Waals surface area (Å²) in [6.45, 7) is 5.63. The molecule has 0 amide bonds. The molecule has 1 aromatic rings. The second kappa shape index (κ2) is 4.73. The van der Waals surface area contributed by atoms with Crippen LogP contribution in [0.25, 0.3) is 0 Å². The number of hydrogen-bond acceptors (Lipinski definition) is 2. The van der Waals surface area contributed by atoms with E-state index in [-0.39, 0.29) is 0 Å². The third kappa shape index (κ3) is 2.46. The van der Waals surface area contributed by atoms with E-state index in [1.807, 2.05) is 24.1 Å². The second-order valence-corrected chi connectivity index (χ2v) is 4.89. The van der Waals surface area contributed by atoms with Crippen molar-refractivity contribution in [2.45, 2.75) is 26.7 Å². The van der Waals surface area contributed by atoms with Crippen LogP contribution in [-0.4, -0.2) is 16.3 Å². The number of aromatic nitrogens is 2. The first-order valence-electron chi connectivity index (χ1n) is 6.06. The van der Waals surface area contributed by atoms with Gasteiger partial charge in [-0.25, -0.2) is 0 Å². The Morgan fingerprint density at radius 1 is 1.56 bits per heavy atom. The number of aryl methyl sites for hydroxylation is 1. The Morgan fingerprint density at radius 2 is 2.38 bits per heavy atom. The van der Waals surface area contributed by atoms with Gasteiger partial charge in [0.05, 0.1) is 11.9 Å². The molecular formula is C13H21N3. The van der Waals surface area contributed by atoms with Crippen LogP contribution in [-0.2, 0) is 7.05 Å². The molecule has 2 unspecified atom stereocenters. The molecule has 0 saturated carbocycles. The third-order valence-electron chi connectivity index (χ3n) is 3.59. The van der Waals surface area contributed by atoms with E-state index < -0.39 is 0 Å². The van der Waals surface area contributed by atoms with Gasteiger partial charge in [-0.1, -0.05) is 18.6 Å². The fourth-order valence-electron chi connectivity index (χ4n) is 2.48. The van der Waals surface area contributed by atoms with Crippen LogP contribution in [0.2, 0.25) is 0 Å². The first-order valence-corrected chi connectivity index (χ1v) is 6.06. The molecule has 0 aliphatic heterocycles. The molecule has 0 saturated heterocycles. The minimum Gasteiger partial charge on any atom is -0.382 e. The van der Waals surface area contributed by atoms with E-state index in [2.05, 4.69) is 30.3 Å². The molecule has 1 aliphatic carbocycles. The topological polar surface area (TPSA) is 29.9 Å². The molecule has 3 nitrogen and oxygen atoms in total. The van der Waals surface area contributed by atoms with Gasteiger partial charge in [0, 0.05) is 19.8 Å². The number of anilines is 1. The summed E-state index contributed by atoms with van der Waals surface area (Å²) in [5.41, 5.74) is 2.66. The predicted molar refractivity (Wildman–Crippen MR) is 67.3 cm³/mol. The van der Waals surface area contributed by atoms with Crippen molar-refractivity contribution in [1.82, 2.24) is 9.78 Å². The maximum absolute atomic E-state index is 4.16. The molecule has 0 spiro atoms. The Hall–Kier alpha value is -1.25. The molecule has 0 fully saturated rings. The average molecular weight is 219 g/mol. The first kappa shape index (κ1) is 11.2. The minimum absolute atomic E-state index is 0.675. The third-order valence-corrected chi connectivity index (χ3v) is 3.59. The summed E-state index contributed by atoms with van der Waals surface area (Å²) < 4.78 is 1.83. The summed E-state index contributed by atoms with van der Waals surface area (Å²) >= 11 is 0. The van der Waals surface area contributed by atoms with Crippen molar-refractivity contribution in [2.75, 3.05) is 11.9 Å². The normalized spacial score (nSPS) is 25.3. The molecule has 2 rings (SSSR count). The molecule has 1 aromatic heterocycles. The number of nitrogens with zero attached hydrogens (tertiary/aromatic N) is 2. The van der Waals surface area contributed by atoms with Crippen LogP contribution in [0.3, 0.4) is 0 Å². The van der Waals surface area contributed by atoms with Gasteiger partial charge >= 0.3 is 0 Å². The van der Waals surface area contributed by atoms with Gasteiger partial charge in [0.2, 0.25) is 0 Å². The zero-order valence-electron chi connectivity index (χ0n) is 10.4. The number of allylic oxidation sites excluding steroid dienone is 1. The molecule has 88 valence electrons. The molecular weight excluding hydrogens is 198 g/mol. The highest BCUT2D eigenvalue weighted by Crippen LogP contribution is 2.30. The molecule has 0 bridgehead atoms. The van der Waals surface area contributed by atoms with Crippen molar-refractivity contribution in [3.8, 4) is 0 Å². The number of hydrogen-bond donors (Lipinski definition) is 1. The second-order valence-electron chi connectivity index (χ2n) is 4.89. The average Bonchev–Trinajstić information content (AvgIpc) is 2.63. The fraction of sp³-hybridized carbons (Fsp3) is 0.615. The summed E-state index contributed by atoms with van der Waals surface area (Å²) in [5.74, 6) is 1.46. The van der Waals surface area contributed by atoms with Crippen LogP contribution < -0.4 is 5.32 Å². The van der Waals surface area contributed by atoms with E-state index in [1.54, 1.807) is 0 Å². The predicted octanol–water partition coefficient (Wildman–Crippen LogP) is 2.82. The molecule has 0 radical (unpaired) electrons. The monoisotopic (exact) mass is 219 g/mol. The molecule has 3 heteroatoms. The van der Waals surface area contributed by atoms with Gasteiger partial charge in [0.25, 0.3) is 0 Å². The largest absolute Gasteiger partial charge is 0.382 e. The summed E-state index contributed by atoms with van der Waals surface area (Å²) in [6, 6.07) is 0. The zero-order valence-corrected chi connectivity index (χ0v) is 10.4. The van der Waals surface area contributed by atoms with Gasteiger partial charge < -0.3 is 5.32 Å². The van der Waals surface area contributed by atoms with Crippen molar-refractivity contribution < 1.29 is 0 Å². The van der Waals surface area contributed by atoms with Gasteiger partial charge in [0.1, 0.15) is 0 Å². The maximum Gasteiger partial charge on any atom is 0.0726 e. The van der Waals surface area contributed by atoms with Gasteiger partial charge in [-0.05, 0) is 31.6 Å². The lowest BCUT2D eigenvalue weighted by Crippen LogP contribution is -2.24. The van der Waals surface area contributed by atoms with Gasteiger partial charge in [-0.2, -0.15) is 5.10 Å². The van der Waals surface area contributed by atoms with E-state index >= 15 is 0 Å². The number of rotatable bonds is 3. The van der Waals surface area contributed by atoms with Crippen molar-refractivity contribution >= 4 is 5.69 Å². The maximum atomic E-state index is 4.16. The van der Waals surface area contributed by atoms with Crippen LogP contribution >= 0.6 is 0 Å². The van der Waals surface area contributed by atoms with E-state index in [0.717, 1.165) is 18.2 Å². The van der Waals surface area contributed by atoms with Crippen LogP contribution in [0.4, 0.5) is 5.69 Å². The lowest BCUT2D eigenvalue weighted by Gasteiger charge is -2.29. The van der Waals surface area contributed by atoms with Crippen molar-refractivity contribution in [3.63, 3.8) is 0 Å². The smallest absolute Gasteiger partial charge is 0.0726 e. The molecule has 2 atom stereocenters. The van der Waals surface area contributed by atoms with E-state index in [4.69, 9.17) is 0 Å². The molecule has 0 aromatic carbocycles. The summed E-state index contributed by atoms with van der Waals surface area (Å²) in [4.78, 5) is 0. The highest BCUT2D eigenvalue weighted by atomic mass is 15.3. The highest BCUT2D eigenvalue weighted by Gasteiger charge is 2.21. The fourth-order valence-corrected chi connectivity index (χ4v) is 2.48. The first-order chi connectivity index (χ1) is 7.66. The highest BCUT2D eigenvalue weighted by molar-refractivity contribution is 5.38. The van der Waals surface area contributed by atoms with Crippen molar-refractivity contribution in [3.05, 3.63) is 24.0 Å². The van der Waals surface area contributed by atoms with Crippen LogP contribution in [0, 0.1) is 11.8 Å². The Balaban J connectivity index is 1.94. The summed E-state index contributed by atoms with van der Waals surface area (Å²) in [6.07, 6.45) is 8.85. The lowest BCUT2D eigenvalue weighted by molar-refractivity contribution is 0.381. The van der Waals surface area contributed by atoms with Crippen LogP contribution in [0.1, 0.15) is 26.7 Å². The molecule has 16 heavy (non-hydrogen) atoms. The van der Waals surface area contributed by atoms with Gasteiger partial charge in [-0.3, -0.25) is 4.68 Å². The summed E-state index contributed by atoms with van der Waals surface area (Å²) in [7, 11) is 1.94. The van der Waals surface area contributed by atoms with Crippen LogP contribution in [0.15, 0.2) is 24.0 Å². The van der Waals surface area contributed by atoms with E-state index in [0.29, 0.717) is 5.92 Å². The minimum atomic E-state index is 0.675. The van der Waals surface area contributed by atoms with Crippen LogP contribution in [0.5, 0.6) is 0 Å². The molecule has 1 N–H and O–H groups in total. The van der Waals surface area contributed by atoms with Crippen molar-refractivity contribution in [1.29, 1.82) is 0 Å². The van der Waals surface area contributed by atoms with Gasteiger partial charge in [-0.15, -0.1) is 0 Å². The Kier molecular flexibility index (Phi) is 3.32. The SMILES string of the molecule is CC1=CCCC(C)C1CNc1cnn(C)c1. The van der Waals surface area contributed by atoms with E-state index in [9.17, 15) is 0 Å². The molecule has 1 heterocycles. The van der Waals surface area contributed by atoms with Gasteiger partial charge in [0.15, 0.2) is 0 Å². The lowest BCUT2D eigenvalue weighted by atomic mass is 9.80. The molecule has 1 aliphatic rings. The quantitative estimate of drug-likeness (QED) is 0.792. The summed E-state index contributed by atoms with van der Waals surface area (Å²) in [5, 5.41) is 7.63. The Bertz CT molecular complexity index is 378. The number of nitrogens with one attached hydrogen (secondary N) is 1. The zero-order chi connectivity index (χ0) is 11.5. The Morgan fingerprint density at radius 3 is 3.00 bits per heavy atom. The standard InChI is InChI=1S/C13H21N3/c1-10-5-4-6-11(2)13(10)8-14-12-7-15-16(3)9-12/h5,7,9,11,13-14H,4,6,8H2,1-3H3.